The average Bonchev–Trinajstić information content (AvgIpc) is 2.14. The van der Waals surface area contributed by atoms with Crippen molar-refractivity contribution >= 4 is 11.3 Å². The van der Waals surface area contributed by atoms with Crippen LogP contribution in [-0.2, 0) is 0 Å². The number of ether oxygens (including phenoxy) is 1. The van der Waals surface area contributed by atoms with Gasteiger partial charge in [-0.2, -0.15) is 0 Å². The highest BCUT2D eigenvalue weighted by Crippen LogP contribution is 2.11. The van der Waals surface area contributed by atoms with Crippen molar-refractivity contribution < 1.29 is 4.74 Å². The molecule has 1 rings (SSSR count). The summed E-state index contributed by atoms with van der Waals surface area (Å²) in [5.74, 6) is 0.894. The molecule has 7 heavy (non-hydrogen) atoms. The second kappa shape index (κ2) is 1.98. The summed E-state index contributed by atoms with van der Waals surface area (Å²) < 4.78 is 4.83. The molecule has 1 heterocycles. The Balaban J connectivity index is 2.76. The summed E-state index contributed by atoms with van der Waals surface area (Å²) in [5, 5.41) is 4.80. The molecule has 1 aromatic rings. The fraction of sp³-hybridized carbons (Fsp3) is 0.200. The summed E-state index contributed by atoms with van der Waals surface area (Å²) in [7, 11) is 1.65. The standard InChI is InChI=1S/C5H5OS/c1-6-5-2-3-7-4-5/h2,4H,1H3. The van der Waals surface area contributed by atoms with E-state index < -0.39 is 0 Å². The number of hydrogen-bond donors (Lipinski definition) is 0. The number of thiophene rings is 1. The van der Waals surface area contributed by atoms with Crippen LogP contribution in [0.5, 0.6) is 5.75 Å². The van der Waals surface area contributed by atoms with Gasteiger partial charge in [0.25, 0.3) is 0 Å². The molecule has 0 N–H and O–H groups in total. The monoisotopic (exact) mass is 113 g/mol. The second-order valence-corrected chi connectivity index (χ2v) is 1.81. The Morgan fingerprint density at radius 2 is 2.71 bits per heavy atom. The lowest BCUT2D eigenvalue weighted by atomic mass is 10.6. The first-order valence-electron chi connectivity index (χ1n) is 1.92. The SMILES string of the molecule is COc1c[c]sc1. The number of methoxy groups -OCH3 is 1. The van der Waals surface area contributed by atoms with E-state index in [1.807, 2.05) is 11.4 Å². The Morgan fingerprint density at radius 1 is 1.86 bits per heavy atom. The van der Waals surface area contributed by atoms with Gasteiger partial charge in [-0.3, -0.25) is 0 Å². The topological polar surface area (TPSA) is 9.23 Å². The van der Waals surface area contributed by atoms with Crippen LogP contribution in [0.2, 0.25) is 0 Å². The van der Waals surface area contributed by atoms with Gasteiger partial charge in [0.1, 0.15) is 5.75 Å². The van der Waals surface area contributed by atoms with Crippen molar-refractivity contribution in [2.45, 2.75) is 0 Å². The zero-order valence-corrected chi connectivity index (χ0v) is 4.79. The molecule has 0 atom stereocenters. The zero-order valence-electron chi connectivity index (χ0n) is 3.97. The highest BCUT2D eigenvalue weighted by molar-refractivity contribution is 7.07. The van der Waals surface area contributed by atoms with E-state index in [0.717, 1.165) is 5.75 Å². The van der Waals surface area contributed by atoms with Crippen LogP contribution < -0.4 is 4.74 Å². The molecular weight excluding hydrogens is 108 g/mol. The van der Waals surface area contributed by atoms with Crippen LogP contribution >= 0.6 is 11.3 Å². The smallest absolute Gasteiger partial charge is 0.130 e. The van der Waals surface area contributed by atoms with Crippen molar-refractivity contribution in [3.05, 3.63) is 16.8 Å². The van der Waals surface area contributed by atoms with Gasteiger partial charge in [-0.1, -0.05) is 0 Å². The Hall–Kier alpha value is -0.500. The van der Waals surface area contributed by atoms with Gasteiger partial charge in [0.15, 0.2) is 0 Å². The molecule has 0 saturated heterocycles. The lowest BCUT2D eigenvalue weighted by molar-refractivity contribution is 0.416. The first-order chi connectivity index (χ1) is 3.43. The van der Waals surface area contributed by atoms with E-state index in [1.54, 1.807) is 7.11 Å². The summed E-state index contributed by atoms with van der Waals surface area (Å²) in [6.45, 7) is 0. The third kappa shape index (κ3) is 0.933. The molecular formula is C5H5OS. The minimum atomic E-state index is 0.894. The first kappa shape index (κ1) is 4.65. The number of hydrogen-bond acceptors (Lipinski definition) is 2. The molecule has 0 spiro atoms. The van der Waals surface area contributed by atoms with E-state index in [1.165, 1.54) is 11.3 Å². The maximum absolute atomic E-state index is 4.83. The second-order valence-electron chi connectivity index (χ2n) is 1.10. The summed E-state index contributed by atoms with van der Waals surface area (Å²) in [5.41, 5.74) is 0. The van der Waals surface area contributed by atoms with E-state index in [2.05, 4.69) is 5.38 Å². The average molecular weight is 113 g/mol. The Labute approximate surface area is 46.6 Å². The minimum absolute atomic E-state index is 0.894. The summed E-state index contributed by atoms with van der Waals surface area (Å²) in [4.78, 5) is 0. The summed E-state index contributed by atoms with van der Waals surface area (Å²) in [6, 6.07) is 1.81. The zero-order chi connectivity index (χ0) is 5.11. The largest absolute Gasteiger partial charge is 0.496 e. The maximum Gasteiger partial charge on any atom is 0.130 e. The van der Waals surface area contributed by atoms with Crippen LogP contribution in [0.1, 0.15) is 0 Å². The van der Waals surface area contributed by atoms with Gasteiger partial charge in [-0.05, 0) is 6.07 Å². The Bertz CT molecular complexity index is 123. The molecule has 0 aliphatic rings. The fourth-order valence-corrected chi connectivity index (χ4v) is 0.858. The predicted molar refractivity (Wildman–Crippen MR) is 29.7 cm³/mol. The van der Waals surface area contributed by atoms with Crippen LogP contribution in [0.25, 0.3) is 0 Å². The maximum atomic E-state index is 4.83. The molecule has 1 radical (unpaired) electrons. The van der Waals surface area contributed by atoms with Crippen molar-refractivity contribution in [1.29, 1.82) is 0 Å². The van der Waals surface area contributed by atoms with Crippen LogP contribution in [-0.4, -0.2) is 7.11 Å². The number of rotatable bonds is 1. The van der Waals surface area contributed by atoms with Crippen LogP contribution in [0.15, 0.2) is 11.4 Å². The molecule has 0 aromatic carbocycles. The molecule has 0 fully saturated rings. The summed E-state index contributed by atoms with van der Waals surface area (Å²) >= 11 is 1.51. The van der Waals surface area contributed by atoms with Gasteiger partial charge in [-0.15, -0.1) is 11.3 Å². The Kier molecular flexibility index (Phi) is 1.32. The summed E-state index contributed by atoms with van der Waals surface area (Å²) in [6.07, 6.45) is 0. The predicted octanol–water partition coefficient (Wildman–Crippen LogP) is 1.56. The van der Waals surface area contributed by atoms with Gasteiger partial charge in [0.2, 0.25) is 0 Å². The van der Waals surface area contributed by atoms with Crippen LogP contribution in [0.3, 0.4) is 0 Å². The van der Waals surface area contributed by atoms with Crippen LogP contribution in [0.4, 0.5) is 0 Å². The van der Waals surface area contributed by atoms with Gasteiger partial charge in [-0.25, -0.2) is 0 Å². The minimum Gasteiger partial charge on any atom is -0.496 e. The molecule has 2 heteroatoms. The van der Waals surface area contributed by atoms with Crippen molar-refractivity contribution in [1.82, 2.24) is 0 Å². The molecule has 1 nitrogen and oxygen atoms in total. The molecule has 0 amide bonds. The van der Waals surface area contributed by atoms with Gasteiger partial charge in [0, 0.05) is 10.8 Å². The highest BCUT2D eigenvalue weighted by atomic mass is 32.1. The van der Waals surface area contributed by atoms with E-state index in [4.69, 9.17) is 4.74 Å². The molecule has 0 unspecified atom stereocenters. The quantitative estimate of drug-likeness (QED) is 0.537. The highest BCUT2D eigenvalue weighted by Gasteiger charge is 1.83. The molecule has 37 valence electrons. The normalized spacial score (nSPS) is 8.71. The van der Waals surface area contributed by atoms with Crippen molar-refractivity contribution in [2.75, 3.05) is 7.11 Å². The van der Waals surface area contributed by atoms with Crippen molar-refractivity contribution in [3.8, 4) is 5.75 Å². The third-order valence-electron chi connectivity index (χ3n) is 0.680. The van der Waals surface area contributed by atoms with Crippen molar-refractivity contribution in [3.63, 3.8) is 0 Å². The van der Waals surface area contributed by atoms with Gasteiger partial charge in [0.05, 0.1) is 7.11 Å². The molecule has 0 aliphatic carbocycles. The first-order valence-corrected chi connectivity index (χ1v) is 2.80. The Morgan fingerprint density at radius 3 is 3.00 bits per heavy atom. The van der Waals surface area contributed by atoms with E-state index >= 15 is 0 Å². The van der Waals surface area contributed by atoms with E-state index in [9.17, 15) is 0 Å². The van der Waals surface area contributed by atoms with E-state index in [-0.39, 0.29) is 0 Å². The molecule has 0 saturated carbocycles. The fourth-order valence-electron chi connectivity index (χ4n) is 0.325. The van der Waals surface area contributed by atoms with Crippen LogP contribution in [0, 0.1) is 5.38 Å². The molecule has 0 aliphatic heterocycles. The van der Waals surface area contributed by atoms with Gasteiger partial charge >= 0.3 is 0 Å². The third-order valence-corrected chi connectivity index (χ3v) is 1.28. The van der Waals surface area contributed by atoms with E-state index in [0.29, 0.717) is 0 Å². The lowest BCUT2D eigenvalue weighted by Crippen LogP contribution is -1.74. The molecule has 1 aromatic heterocycles. The lowest BCUT2D eigenvalue weighted by Gasteiger charge is -1.86. The van der Waals surface area contributed by atoms with Gasteiger partial charge < -0.3 is 4.74 Å². The molecule has 0 bridgehead atoms. The van der Waals surface area contributed by atoms with Crippen molar-refractivity contribution in [2.24, 2.45) is 0 Å².